The lowest BCUT2D eigenvalue weighted by Gasteiger charge is -2.18. The highest BCUT2D eigenvalue weighted by Crippen LogP contribution is 2.19. The molecule has 4 nitrogen and oxygen atoms in total. The molecule has 44 heavy (non-hydrogen) atoms. The summed E-state index contributed by atoms with van der Waals surface area (Å²) in [6.45, 7) is 4.51. The highest BCUT2D eigenvalue weighted by molar-refractivity contribution is 5.69. The number of ether oxygens (including phenoxy) is 1. The lowest BCUT2D eigenvalue weighted by Crippen LogP contribution is -2.18. The highest BCUT2D eigenvalue weighted by atomic mass is 16.5. The van der Waals surface area contributed by atoms with Gasteiger partial charge in [-0.25, -0.2) is 0 Å². The molecule has 4 heteroatoms. The number of unbranched alkanes of at least 4 members (excludes halogenated alkanes) is 22. The van der Waals surface area contributed by atoms with Gasteiger partial charge in [0.1, 0.15) is 6.10 Å². The van der Waals surface area contributed by atoms with Crippen LogP contribution >= 0.6 is 0 Å². The zero-order chi connectivity index (χ0) is 32.2. The molecule has 1 atom stereocenters. The molecule has 0 radical (unpaired) electrons. The van der Waals surface area contributed by atoms with E-state index in [-0.39, 0.29) is 12.1 Å². The van der Waals surface area contributed by atoms with Crippen molar-refractivity contribution in [1.82, 2.24) is 0 Å². The van der Waals surface area contributed by atoms with E-state index in [0.29, 0.717) is 12.8 Å². The minimum absolute atomic E-state index is 0.0232. The summed E-state index contributed by atoms with van der Waals surface area (Å²) < 4.78 is 6.01. The predicted molar refractivity (Wildman–Crippen MR) is 190 cm³/mol. The molecule has 0 heterocycles. The second kappa shape index (κ2) is 35.9. The van der Waals surface area contributed by atoms with Crippen LogP contribution in [0.3, 0.4) is 0 Å². The molecule has 0 rings (SSSR count). The molecule has 0 aromatic carbocycles. The third kappa shape index (κ3) is 34.9. The number of aliphatic carboxylic acids is 1. The summed E-state index contributed by atoms with van der Waals surface area (Å²) in [6.07, 6.45) is 44.9. The molecular weight excluding hydrogens is 544 g/mol. The van der Waals surface area contributed by atoms with Crippen LogP contribution in [-0.2, 0) is 14.3 Å². The maximum atomic E-state index is 12.6. The van der Waals surface area contributed by atoms with Crippen LogP contribution in [0.1, 0.15) is 213 Å². The first-order valence-electron chi connectivity index (χ1n) is 19.3. The molecule has 0 aromatic rings. The molecule has 258 valence electrons. The maximum Gasteiger partial charge on any atom is 0.306 e. The van der Waals surface area contributed by atoms with E-state index < -0.39 is 5.97 Å². The largest absolute Gasteiger partial charge is 0.481 e. The van der Waals surface area contributed by atoms with Gasteiger partial charge < -0.3 is 9.84 Å². The molecule has 0 aliphatic carbocycles. The Morgan fingerprint density at radius 1 is 0.500 bits per heavy atom. The molecule has 0 spiro atoms. The van der Waals surface area contributed by atoms with Gasteiger partial charge in [-0.1, -0.05) is 154 Å². The molecule has 0 saturated carbocycles. The monoisotopic (exact) mass is 619 g/mol. The van der Waals surface area contributed by atoms with Crippen molar-refractivity contribution in [3.05, 3.63) is 24.3 Å². The Labute approximate surface area is 274 Å². The van der Waals surface area contributed by atoms with Crippen LogP contribution < -0.4 is 0 Å². The van der Waals surface area contributed by atoms with E-state index in [2.05, 4.69) is 38.2 Å². The number of carboxylic acids is 1. The first kappa shape index (κ1) is 42.4. The standard InChI is InChI=1S/C40H74O4/c1-3-5-7-9-11-12-13-14-15-16-17-22-25-29-33-37-40(43)44-38(34-30-26-10-8-6-4-2)35-31-27-23-20-18-19-21-24-28-32-36-39(41)42/h11-12,14-15,38H,3-10,13,16-37H2,1-2H3,(H,41,42)/b12-11-,15-14-. The second-order valence-corrected chi connectivity index (χ2v) is 13.1. The smallest absolute Gasteiger partial charge is 0.306 e. The average molecular weight is 619 g/mol. The van der Waals surface area contributed by atoms with Gasteiger partial charge >= 0.3 is 11.9 Å². The minimum Gasteiger partial charge on any atom is -0.481 e. The summed E-state index contributed by atoms with van der Waals surface area (Å²) in [5.41, 5.74) is 0. The Hall–Kier alpha value is -1.58. The predicted octanol–water partition coefficient (Wildman–Crippen LogP) is 13.2. The summed E-state index contributed by atoms with van der Waals surface area (Å²) in [7, 11) is 0. The van der Waals surface area contributed by atoms with Gasteiger partial charge in [0.2, 0.25) is 0 Å². The number of hydrogen-bond acceptors (Lipinski definition) is 3. The van der Waals surface area contributed by atoms with E-state index in [0.717, 1.165) is 57.8 Å². The fourth-order valence-corrected chi connectivity index (χ4v) is 5.80. The van der Waals surface area contributed by atoms with Crippen molar-refractivity contribution in [2.45, 2.75) is 219 Å². The first-order valence-corrected chi connectivity index (χ1v) is 19.3. The van der Waals surface area contributed by atoms with E-state index in [1.54, 1.807) is 0 Å². The molecular formula is C40H74O4. The first-order chi connectivity index (χ1) is 21.6. The van der Waals surface area contributed by atoms with Crippen molar-refractivity contribution in [2.75, 3.05) is 0 Å². The summed E-state index contributed by atoms with van der Waals surface area (Å²) in [6, 6.07) is 0. The van der Waals surface area contributed by atoms with Gasteiger partial charge in [-0.05, 0) is 70.6 Å². The van der Waals surface area contributed by atoms with Crippen molar-refractivity contribution in [1.29, 1.82) is 0 Å². The third-order valence-corrected chi connectivity index (χ3v) is 8.68. The number of carboxylic acid groups (broad SMARTS) is 1. The normalized spacial score (nSPS) is 12.4. The molecule has 0 aliphatic heterocycles. The lowest BCUT2D eigenvalue weighted by atomic mass is 10.0. The van der Waals surface area contributed by atoms with Crippen molar-refractivity contribution in [2.24, 2.45) is 0 Å². The zero-order valence-electron chi connectivity index (χ0n) is 29.5. The van der Waals surface area contributed by atoms with Crippen molar-refractivity contribution < 1.29 is 19.4 Å². The lowest BCUT2D eigenvalue weighted by molar-refractivity contribution is -0.150. The van der Waals surface area contributed by atoms with E-state index in [1.165, 1.54) is 128 Å². The highest BCUT2D eigenvalue weighted by Gasteiger charge is 2.14. The van der Waals surface area contributed by atoms with Crippen LogP contribution in [-0.4, -0.2) is 23.1 Å². The summed E-state index contributed by atoms with van der Waals surface area (Å²) in [5, 5.41) is 8.70. The number of carbonyl (C=O) groups is 2. The van der Waals surface area contributed by atoms with Crippen molar-refractivity contribution >= 4 is 11.9 Å². The Balaban J connectivity index is 3.97. The number of allylic oxidation sites excluding steroid dienone is 4. The van der Waals surface area contributed by atoms with E-state index in [4.69, 9.17) is 9.84 Å². The van der Waals surface area contributed by atoms with Gasteiger partial charge in [0, 0.05) is 12.8 Å². The SMILES string of the molecule is CCCCC/C=C\C/C=C\CCCCCCCC(=O)OC(CCCCCCCC)CCCCCCCCCCCCC(=O)O. The number of rotatable bonds is 35. The van der Waals surface area contributed by atoms with Crippen LogP contribution in [0.15, 0.2) is 24.3 Å². The maximum absolute atomic E-state index is 12.6. The number of esters is 1. The molecule has 1 unspecified atom stereocenters. The van der Waals surface area contributed by atoms with Crippen LogP contribution in [0.2, 0.25) is 0 Å². The quantitative estimate of drug-likeness (QED) is 0.0436. The number of hydrogen-bond donors (Lipinski definition) is 1. The topological polar surface area (TPSA) is 63.6 Å². The van der Waals surface area contributed by atoms with Gasteiger partial charge in [-0.3, -0.25) is 9.59 Å². The fourth-order valence-electron chi connectivity index (χ4n) is 5.80. The molecule has 1 N–H and O–H groups in total. The van der Waals surface area contributed by atoms with Gasteiger partial charge in [-0.2, -0.15) is 0 Å². The summed E-state index contributed by atoms with van der Waals surface area (Å²) >= 11 is 0. The van der Waals surface area contributed by atoms with Gasteiger partial charge in [0.25, 0.3) is 0 Å². The van der Waals surface area contributed by atoms with Crippen molar-refractivity contribution in [3.8, 4) is 0 Å². The van der Waals surface area contributed by atoms with E-state index >= 15 is 0 Å². The molecule has 0 aromatic heterocycles. The molecule has 0 saturated heterocycles. The fraction of sp³-hybridized carbons (Fsp3) is 0.850. The Kier molecular flexibility index (Phi) is 34.6. The Morgan fingerprint density at radius 3 is 1.39 bits per heavy atom. The average Bonchev–Trinajstić information content (AvgIpc) is 3.01. The zero-order valence-corrected chi connectivity index (χ0v) is 29.5. The van der Waals surface area contributed by atoms with Gasteiger partial charge in [0.05, 0.1) is 0 Å². The van der Waals surface area contributed by atoms with E-state index in [9.17, 15) is 9.59 Å². The van der Waals surface area contributed by atoms with Crippen LogP contribution in [0.25, 0.3) is 0 Å². The second-order valence-electron chi connectivity index (χ2n) is 13.1. The summed E-state index contributed by atoms with van der Waals surface area (Å²) in [5.74, 6) is -0.652. The molecule has 0 bridgehead atoms. The van der Waals surface area contributed by atoms with E-state index in [1.807, 2.05) is 0 Å². The molecule has 0 amide bonds. The Bertz CT molecular complexity index is 668. The molecule has 0 fully saturated rings. The van der Waals surface area contributed by atoms with Crippen LogP contribution in [0, 0.1) is 0 Å². The van der Waals surface area contributed by atoms with Crippen molar-refractivity contribution in [3.63, 3.8) is 0 Å². The molecule has 0 aliphatic rings. The summed E-state index contributed by atoms with van der Waals surface area (Å²) in [4.78, 5) is 23.2. The van der Waals surface area contributed by atoms with Crippen LogP contribution in [0.4, 0.5) is 0 Å². The van der Waals surface area contributed by atoms with Gasteiger partial charge in [-0.15, -0.1) is 0 Å². The van der Waals surface area contributed by atoms with Crippen LogP contribution in [0.5, 0.6) is 0 Å². The van der Waals surface area contributed by atoms with Gasteiger partial charge in [0.15, 0.2) is 0 Å². The Morgan fingerprint density at radius 2 is 0.886 bits per heavy atom. The minimum atomic E-state index is -0.675. The number of carbonyl (C=O) groups excluding carboxylic acids is 1. The third-order valence-electron chi connectivity index (χ3n) is 8.68.